The lowest BCUT2D eigenvalue weighted by atomic mass is 10.0. The van der Waals surface area contributed by atoms with Gasteiger partial charge >= 0.3 is 0 Å². The molecule has 0 bridgehead atoms. The predicted octanol–water partition coefficient (Wildman–Crippen LogP) is -0.368. The molecule has 214 valence electrons. The highest BCUT2D eigenvalue weighted by atomic mass is 16.5. The first-order chi connectivity index (χ1) is 18.9. The van der Waals surface area contributed by atoms with Gasteiger partial charge in [-0.3, -0.25) is 34.2 Å². The number of amides is 5. The van der Waals surface area contributed by atoms with E-state index in [0.29, 0.717) is 52.6 Å². The van der Waals surface area contributed by atoms with Gasteiger partial charge in [0.15, 0.2) is 6.61 Å². The SMILES string of the molecule is CNCCCOCCOCCOCCCNC(=O)COc1cccc2c1C(=O)N(C1CCC(=O)NC1=O)C2=O. The number of carbonyl (C=O) groups is 5. The van der Waals surface area contributed by atoms with Crippen LogP contribution in [0.4, 0.5) is 0 Å². The van der Waals surface area contributed by atoms with Gasteiger partial charge < -0.3 is 29.6 Å². The minimum absolute atomic E-state index is 0.00373. The van der Waals surface area contributed by atoms with Crippen LogP contribution < -0.4 is 20.7 Å². The highest BCUT2D eigenvalue weighted by Crippen LogP contribution is 2.33. The van der Waals surface area contributed by atoms with Gasteiger partial charge in [0.25, 0.3) is 17.7 Å². The highest BCUT2D eigenvalue weighted by Gasteiger charge is 2.46. The molecule has 1 aromatic carbocycles. The summed E-state index contributed by atoms with van der Waals surface area (Å²) in [5.74, 6) is -2.81. The van der Waals surface area contributed by atoms with Crippen LogP contribution >= 0.6 is 0 Å². The minimum Gasteiger partial charge on any atom is -0.483 e. The molecule has 0 aromatic heterocycles. The average Bonchev–Trinajstić information content (AvgIpc) is 3.17. The molecule has 39 heavy (non-hydrogen) atoms. The zero-order valence-corrected chi connectivity index (χ0v) is 22.1. The fourth-order valence-corrected chi connectivity index (χ4v) is 4.09. The smallest absolute Gasteiger partial charge is 0.266 e. The van der Waals surface area contributed by atoms with E-state index in [1.807, 2.05) is 7.05 Å². The molecule has 0 aliphatic carbocycles. The Kier molecular flexibility index (Phi) is 12.3. The first kappa shape index (κ1) is 30.2. The molecule has 1 atom stereocenters. The molecule has 3 rings (SSSR count). The third-order valence-electron chi connectivity index (χ3n) is 6.04. The molecule has 0 radical (unpaired) electrons. The van der Waals surface area contributed by atoms with Crippen LogP contribution in [0.3, 0.4) is 0 Å². The molecule has 13 nitrogen and oxygen atoms in total. The molecule has 1 saturated heterocycles. The molecule has 1 unspecified atom stereocenters. The number of nitrogens with one attached hydrogen (secondary N) is 3. The Morgan fingerprint density at radius 1 is 0.949 bits per heavy atom. The van der Waals surface area contributed by atoms with E-state index in [2.05, 4.69) is 16.0 Å². The molecule has 5 amide bonds. The molecule has 0 spiro atoms. The summed E-state index contributed by atoms with van der Waals surface area (Å²) in [6.45, 7) is 4.05. The van der Waals surface area contributed by atoms with Crippen molar-refractivity contribution in [3.63, 3.8) is 0 Å². The Bertz CT molecular complexity index is 1030. The summed E-state index contributed by atoms with van der Waals surface area (Å²) in [6, 6.07) is 3.40. The van der Waals surface area contributed by atoms with E-state index in [9.17, 15) is 24.0 Å². The Morgan fingerprint density at radius 3 is 2.28 bits per heavy atom. The lowest BCUT2D eigenvalue weighted by molar-refractivity contribution is -0.136. The van der Waals surface area contributed by atoms with Crippen molar-refractivity contribution in [2.24, 2.45) is 0 Å². The number of fused-ring (bicyclic) bond motifs is 1. The zero-order valence-electron chi connectivity index (χ0n) is 22.1. The molecule has 2 aliphatic rings. The van der Waals surface area contributed by atoms with Gasteiger partial charge in [-0.2, -0.15) is 0 Å². The molecule has 2 heterocycles. The Balaban J connectivity index is 1.31. The van der Waals surface area contributed by atoms with Gasteiger partial charge in [0, 0.05) is 26.2 Å². The number of carbonyl (C=O) groups excluding carboxylic acids is 5. The van der Waals surface area contributed by atoms with Gasteiger partial charge in [0.2, 0.25) is 11.8 Å². The Hall–Kier alpha value is -3.39. The minimum atomic E-state index is -1.08. The zero-order chi connectivity index (χ0) is 28.0. The second-order valence-corrected chi connectivity index (χ2v) is 8.91. The predicted molar refractivity (Wildman–Crippen MR) is 137 cm³/mol. The van der Waals surface area contributed by atoms with Gasteiger partial charge in [-0.05, 0) is 45.0 Å². The summed E-state index contributed by atoms with van der Waals surface area (Å²) in [5, 5.41) is 7.91. The number of hydrogen-bond acceptors (Lipinski definition) is 10. The van der Waals surface area contributed by atoms with Crippen LogP contribution in [0.5, 0.6) is 5.75 Å². The molecule has 1 aromatic rings. The van der Waals surface area contributed by atoms with E-state index in [4.69, 9.17) is 18.9 Å². The van der Waals surface area contributed by atoms with Crippen molar-refractivity contribution in [1.29, 1.82) is 0 Å². The molecule has 1 fully saturated rings. The summed E-state index contributed by atoms with van der Waals surface area (Å²) >= 11 is 0. The van der Waals surface area contributed by atoms with E-state index in [0.717, 1.165) is 17.9 Å². The van der Waals surface area contributed by atoms with Gasteiger partial charge in [0.05, 0.1) is 37.6 Å². The van der Waals surface area contributed by atoms with Gasteiger partial charge in [0.1, 0.15) is 11.8 Å². The standard InChI is InChI=1S/C26H36N4O9/c1-27-9-3-11-36-13-15-38-16-14-37-12-4-10-28-22(32)17-39-20-6-2-5-18-23(20)26(35)30(25(18)34)19-7-8-21(31)29-24(19)33/h2,5-6,19,27H,3-4,7-17H2,1H3,(H,28,32)(H,29,31,33). The molecule has 3 N–H and O–H groups in total. The van der Waals surface area contributed by atoms with Crippen molar-refractivity contribution < 1.29 is 42.9 Å². The normalized spacial score (nSPS) is 16.8. The average molecular weight is 549 g/mol. The van der Waals surface area contributed by atoms with E-state index in [1.165, 1.54) is 18.2 Å². The summed E-state index contributed by atoms with van der Waals surface area (Å²) in [5.41, 5.74) is 0.0803. The third-order valence-corrected chi connectivity index (χ3v) is 6.04. The van der Waals surface area contributed by atoms with Crippen molar-refractivity contribution in [3.8, 4) is 5.75 Å². The van der Waals surface area contributed by atoms with Crippen LogP contribution in [0.1, 0.15) is 46.4 Å². The number of piperidine rings is 1. The van der Waals surface area contributed by atoms with Crippen molar-refractivity contribution in [1.82, 2.24) is 20.9 Å². The fraction of sp³-hybridized carbons (Fsp3) is 0.577. The Morgan fingerprint density at radius 2 is 1.62 bits per heavy atom. The second-order valence-electron chi connectivity index (χ2n) is 8.91. The third kappa shape index (κ3) is 8.82. The summed E-state index contributed by atoms with van der Waals surface area (Å²) in [7, 11) is 1.90. The second kappa shape index (κ2) is 15.9. The topological polar surface area (TPSA) is 162 Å². The molecule has 13 heteroatoms. The van der Waals surface area contributed by atoms with Crippen LogP contribution in [0.2, 0.25) is 0 Å². The number of imide groups is 2. The Labute approximate surface area is 226 Å². The van der Waals surface area contributed by atoms with Crippen molar-refractivity contribution in [2.45, 2.75) is 31.7 Å². The largest absolute Gasteiger partial charge is 0.483 e. The fourth-order valence-electron chi connectivity index (χ4n) is 4.09. The van der Waals surface area contributed by atoms with Gasteiger partial charge in [-0.15, -0.1) is 0 Å². The van der Waals surface area contributed by atoms with Crippen molar-refractivity contribution in [2.75, 3.05) is 66.4 Å². The number of benzene rings is 1. The number of hydrogen-bond donors (Lipinski definition) is 3. The lowest BCUT2D eigenvalue weighted by Crippen LogP contribution is -2.54. The molecular weight excluding hydrogens is 512 g/mol. The summed E-state index contributed by atoms with van der Waals surface area (Å²) in [6.07, 6.45) is 1.63. The van der Waals surface area contributed by atoms with E-state index < -0.39 is 35.6 Å². The number of ether oxygens (including phenoxy) is 4. The maximum atomic E-state index is 13.0. The summed E-state index contributed by atoms with van der Waals surface area (Å²) in [4.78, 5) is 62.6. The first-order valence-electron chi connectivity index (χ1n) is 13.1. The molecule has 0 saturated carbocycles. The van der Waals surface area contributed by atoms with Crippen LogP contribution in [0, 0.1) is 0 Å². The highest BCUT2D eigenvalue weighted by molar-refractivity contribution is 6.24. The maximum Gasteiger partial charge on any atom is 0.266 e. The van der Waals surface area contributed by atoms with Crippen LogP contribution in [0.25, 0.3) is 0 Å². The number of rotatable bonds is 18. The molecule has 2 aliphatic heterocycles. The monoisotopic (exact) mass is 548 g/mol. The van der Waals surface area contributed by atoms with Crippen molar-refractivity contribution >= 4 is 29.5 Å². The van der Waals surface area contributed by atoms with E-state index >= 15 is 0 Å². The summed E-state index contributed by atoms with van der Waals surface area (Å²) < 4.78 is 21.9. The van der Waals surface area contributed by atoms with Gasteiger partial charge in [-0.1, -0.05) is 6.07 Å². The number of nitrogens with zero attached hydrogens (tertiary/aromatic N) is 1. The quantitative estimate of drug-likeness (QED) is 0.163. The van der Waals surface area contributed by atoms with Crippen molar-refractivity contribution in [3.05, 3.63) is 29.3 Å². The maximum absolute atomic E-state index is 13.0. The van der Waals surface area contributed by atoms with E-state index in [-0.39, 0.29) is 36.3 Å². The molecular formula is C26H36N4O9. The van der Waals surface area contributed by atoms with Crippen LogP contribution in [-0.2, 0) is 28.6 Å². The van der Waals surface area contributed by atoms with Gasteiger partial charge in [-0.25, -0.2) is 0 Å². The van der Waals surface area contributed by atoms with Crippen LogP contribution in [-0.4, -0.2) is 107 Å². The van der Waals surface area contributed by atoms with Crippen LogP contribution in [0.15, 0.2) is 18.2 Å². The first-order valence-corrected chi connectivity index (χ1v) is 13.1. The lowest BCUT2D eigenvalue weighted by Gasteiger charge is -2.27. The van der Waals surface area contributed by atoms with E-state index in [1.54, 1.807) is 0 Å².